The number of nitrogens with two attached hydrogens (primary N) is 1. The minimum absolute atomic E-state index is 0.0447. The molecule has 0 aliphatic heterocycles. The van der Waals surface area contributed by atoms with Crippen LogP contribution in [0.5, 0.6) is 0 Å². The van der Waals surface area contributed by atoms with Crippen molar-refractivity contribution < 1.29 is 15.0 Å². The summed E-state index contributed by atoms with van der Waals surface area (Å²) < 4.78 is 1.56. The number of carbonyl (C=O) groups is 1. The van der Waals surface area contributed by atoms with Gasteiger partial charge in [0.1, 0.15) is 0 Å². The maximum Gasteiger partial charge on any atom is 0.356 e. The number of aliphatic hydroxyl groups excluding tert-OH is 1. The van der Waals surface area contributed by atoms with Gasteiger partial charge in [0.05, 0.1) is 18.0 Å². The predicted molar refractivity (Wildman–Crippen MR) is 91.9 cm³/mol. The highest BCUT2D eigenvalue weighted by molar-refractivity contribution is 7.97. The van der Waals surface area contributed by atoms with Crippen molar-refractivity contribution in [1.82, 2.24) is 9.78 Å². The van der Waals surface area contributed by atoms with Crippen molar-refractivity contribution in [2.45, 2.75) is 11.5 Å². The third-order valence-corrected chi connectivity index (χ3v) is 4.24. The second-order valence-corrected chi connectivity index (χ2v) is 5.74. The van der Waals surface area contributed by atoms with E-state index in [1.807, 2.05) is 30.3 Å². The quantitative estimate of drug-likeness (QED) is 0.617. The average molecular weight is 341 g/mol. The lowest BCUT2D eigenvalue weighted by Crippen LogP contribution is -2.03. The van der Waals surface area contributed by atoms with Gasteiger partial charge in [-0.1, -0.05) is 30.3 Å². The van der Waals surface area contributed by atoms with Crippen LogP contribution in [0.3, 0.4) is 0 Å². The second-order valence-electron chi connectivity index (χ2n) is 5.07. The van der Waals surface area contributed by atoms with Crippen LogP contribution in [0.2, 0.25) is 0 Å². The normalized spacial score (nSPS) is 10.8. The van der Waals surface area contributed by atoms with Crippen LogP contribution in [0.25, 0.3) is 16.9 Å². The molecular weight excluding hydrogens is 326 g/mol. The average Bonchev–Trinajstić information content (AvgIpc) is 3.07. The maximum atomic E-state index is 11.3. The summed E-state index contributed by atoms with van der Waals surface area (Å²) in [7, 11) is 0. The van der Waals surface area contributed by atoms with E-state index in [9.17, 15) is 15.0 Å². The molecule has 0 saturated heterocycles. The molecule has 0 aliphatic carbocycles. The molecule has 0 amide bonds. The number of nitrogens with zero attached hydrogens (tertiary/aromatic N) is 2. The zero-order valence-corrected chi connectivity index (χ0v) is 13.4. The van der Waals surface area contributed by atoms with Crippen molar-refractivity contribution in [3.05, 3.63) is 65.9 Å². The van der Waals surface area contributed by atoms with Crippen molar-refractivity contribution in [3.8, 4) is 16.9 Å². The van der Waals surface area contributed by atoms with E-state index in [1.54, 1.807) is 22.9 Å². The highest BCUT2D eigenvalue weighted by Gasteiger charge is 2.16. The summed E-state index contributed by atoms with van der Waals surface area (Å²) in [5.74, 6) is -1.09. The zero-order valence-electron chi connectivity index (χ0n) is 12.6. The summed E-state index contributed by atoms with van der Waals surface area (Å²) >= 11 is 1.05. The molecule has 0 aliphatic rings. The Labute approximate surface area is 142 Å². The van der Waals surface area contributed by atoms with E-state index in [4.69, 9.17) is 5.14 Å². The summed E-state index contributed by atoms with van der Waals surface area (Å²) in [6.07, 6.45) is 0. The van der Waals surface area contributed by atoms with Crippen LogP contribution in [0.1, 0.15) is 16.1 Å². The van der Waals surface area contributed by atoms with E-state index in [0.717, 1.165) is 22.4 Å². The van der Waals surface area contributed by atoms with Crippen LogP contribution < -0.4 is 5.14 Å². The standard InChI is InChI=1S/C17H15N3O3S/c18-24-16-7-6-13(8-12(16)10-21)20-15(9-14(19-20)17(22)23)11-4-2-1-3-5-11/h1-9,21H,10,18H2,(H,22,23). The first-order chi connectivity index (χ1) is 11.6. The Morgan fingerprint density at radius 1 is 1.17 bits per heavy atom. The monoisotopic (exact) mass is 341 g/mol. The fourth-order valence-electron chi connectivity index (χ4n) is 2.43. The first kappa shape index (κ1) is 16.3. The molecule has 1 heterocycles. The van der Waals surface area contributed by atoms with E-state index < -0.39 is 5.97 Å². The van der Waals surface area contributed by atoms with E-state index >= 15 is 0 Å². The summed E-state index contributed by atoms with van der Waals surface area (Å²) in [5.41, 5.74) is 2.77. The largest absolute Gasteiger partial charge is 0.476 e. The van der Waals surface area contributed by atoms with Crippen LogP contribution in [0.4, 0.5) is 0 Å². The molecule has 24 heavy (non-hydrogen) atoms. The van der Waals surface area contributed by atoms with Gasteiger partial charge in [-0.2, -0.15) is 5.10 Å². The fourth-order valence-corrected chi connectivity index (χ4v) is 2.85. The van der Waals surface area contributed by atoms with Gasteiger partial charge < -0.3 is 10.2 Å². The Bertz CT molecular complexity index is 878. The van der Waals surface area contributed by atoms with E-state index in [0.29, 0.717) is 16.9 Å². The molecule has 0 bridgehead atoms. The number of carboxylic acid groups (broad SMARTS) is 1. The molecule has 0 radical (unpaired) electrons. The van der Waals surface area contributed by atoms with E-state index in [-0.39, 0.29) is 12.3 Å². The molecule has 0 fully saturated rings. The lowest BCUT2D eigenvalue weighted by Gasteiger charge is -2.11. The number of aliphatic hydroxyl groups is 1. The minimum Gasteiger partial charge on any atom is -0.476 e. The van der Waals surface area contributed by atoms with E-state index in [2.05, 4.69) is 5.10 Å². The molecule has 6 nitrogen and oxygen atoms in total. The van der Waals surface area contributed by atoms with Gasteiger partial charge in [0.15, 0.2) is 5.69 Å². The summed E-state index contributed by atoms with van der Waals surface area (Å²) in [6, 6.07) is 16.3. The number of benzene rings is 2. The SMILES string of the molecule is NSc1ccc(-n2nc(C(=O)O)cc2-c2ccccc2)cc1CO. The maximum absolute atomic E-state index is 11.3. The highest BCUT2D eigenvalue weighted by Crippen LogP contribution is 2.27. The first-order valence-electron chi connectivity index (χ1n) is 7.13. The number of hydrogen-bond donors (Lipinski definition) is 3. The van der Waals surface area contributed by atoms with Gasteiger partial charge in [0, 0.05) is 10.5 Å². The molecule has 2 aromatic carbocycles. The first-order valence-corrected chi connectivity index (χ1v) is 8.01. The molecule has 0 atom stereocenters. The van der Waals surface area contributed by atoms with Gasteiger partial charge in [-0.3, -0.25) is 5.14 Å². The molecule has 4 N–H and O–H groups in total. The Kier molecular flexibility index (Phi) is 4.66. The number of rotatable bonds is 5. The number of aromatic nitrogens is 2. The van der Waals surface area contributed by atoms with Gasteiger partial charge >= 0.3 is 5.97 Å². The van der Waals surface area contributed by atoms with Gasteiger partial charge in [-0.25, -0.2) is 9.48 Å². The predicted octanol–water partition coefficient (Wildman–Crippen LogP) is 2.70. The molecule has 3 rings (SSSR count). The van der Waals surface area contributed by atoms with Crippen LogP contribution in [0, 0.1) is 0 Å². The molecular formula is C17H15N3O3S. The van der Waals surface area contributed by atoms with Crippen molar-refractivity contribution >= 4 is 17.9 Å². The van der Waals surface area contributed by atoms with Crippen molar-refractivity contribution in [2.75, 3.05) is 0 Å². The number of carboxylic acids is 1. The van der Waals surface area contributed by atoms with Gasteiger partial charge in [-0.15, -0.1) is 0 Å². The summed E-state index contributed by atoms with van der Waals surface area (Å²) in [6.45, 7) is -0.166. The highest BCUT2D eigenvalue weighted by atomic mass is 32.2. The smallest absolute Gasteiger partial charge is 0.356 e. The number of aromatic carboxylic acids is 1. The second kappa shape index (κ2) is 6.88. The Balaban J connectivity index is 2.18. The van der Waals surface area contributed by atoms with Crippen molar-refractivity contribution in [2.24, 2.45) is 5.14 Å². The Hall–Kier alpha value is -2.61. The third-order valence-electron chi connectivity index (χ3n) is 3.58. The topological polar surface area (TPSA) is 101 Å². The Morgan fingerprint density at radius 3 is 2.54 bits per heavy atom. The summed E-state index contributed by atoms with van der Waals surface area (Å²) in [5, 5.41) is 28.5. The molecule has 0 spiro atoms. The van der Waals surface area contributed by atoms with Crippen LogP contribution >= 0.6 is 11.9 Å². The van der Waals surface area contributed by atoms with E-state index in [1.165, 1.54) is 6.07 Å². The van der Waals surface area contributed by atoms with Gasteiger partial charge in [0.2, 0.25) is 0 Å². The number of hydrogen-bond acceptors (Lipinski definition) is 5. The van der Waals surface area contributed by atoms with Crippen LogP contribution in [-0.2, 0) is 6.61 Å². The van der Waals surface area contributed by atoms with Crippen LogP contribution in [-0.4, -0.2) is 26.0 Å². The zero-order chi connectivity index (χ0) is 17.1. The van der Waals surface area contributed by atoms with Gasteiger partial charge in [0.25, 0.3) is 0 Å². The molecule has 1 aromatic heterocycles. The van der Waals surface area contributed by atoms with Gasteiger partial charge in [-0.05, 0) is 41.8 Å². The lowest BCUT2D eigenvalue weighted by molar-refractivity contribution is 0.0690. The van der Waals surface area contributed by atoms with Crippen molar-refractivity contribution in [3.63, 3.8) is 0 Å². The molecule has 0 saturated carbocycles. The minimum atomic E-state index is -1.09. The lowest BCUT2D eigenvalue weighted by atomic mass is 10.1. The molecule has 122 valence electrons. The molecule has 7 heteroatoms. The third kappa shape index (κ3) is 3.05. The fraction of sp³-hybridized carbons (Fsp3) is 0.0588. The van der Waals surface area contributed by atoms with Crippen LogP contribution in [0.15, 0.2) is 59.5 Å². The van der Waals surface area contributed by atoms with Crippen molar-refractivity contribution in [1.29, 1.82) is 0 Å². The summed E-state index contributed by atoms with van der Waals surface area (Å²) in [4.78, 5) is 12.1. The molecule has 3 aromatic rings. The molecule has 0 unspecified atom stereocenters. The Morgan fingerprint density at radius 2 is 1.92 bits per heavy atom.